The maximum absolute atomic E-state index is 11.4. The number of hydrogen-bond acceptors (Lipinski definition) is 6. The lowest BCUT2D eigenvalue weighted by atomic mass is 10.1. The van der Waals surface area contributed by atoms with Crippen molar-refractivity contribution in [2.45, 2.75) is 32.2 Å². The molecule has 1 unspecified atom stereocenters. The van der Waals surface area contributed by atoms with E-state index < -0.39 is 18.1 Å². The van der Waals surface area contributed by atoms with Crippen molar-refractivity contribution in [2.75, 3.05) is 20.8 Å². The number of ether oxygens (including phenoxy) is 1. The minimum Gasteiger partial charge on any atom is -0.467 e. The number of rotatable bonds is 8. The van der Waals surface area contributed by atoms with Gasteiger partial charge in [0, 0.05) is 13.5 Å². The summed E-state index contributed by atoms with van der Waals surface area (Å²) < 4.78 is 4.58. The lowest BCUT2D eigenvalue weighted by Gasteiger charge is -2.15. The second-order valence-corrected chi connectivity index (χ2v) is 3.74. The van der Waals surface area contributed by atoms with Gasteiger partial charge in [-0.1, -0.05) is 0 Å². The molecule has 110 valence electrons. The van der Waals surface area contributed by atoms with Crippen molar-refractivity contribution in [3.05, 3.63) is 0 Å². The van der Waals surface area contributed by atoms with E-state index in [9.17, 15) is 14.4 Å². The summed E-state index contributed by atoms with van der Waals surface area (Å²) in [4.78, 5) is 41.5. The highest BCUT2D eigenvalue weighted by Crippen LogP contribution is 2.02. The number of methoxy groups -OCH3 is 1. The molecule has 8 heteroatoms. The predicted octanol–water partition coefficient (Wildman–Crippen LogP) is 0.122. The summed E-state index contributed by atoms with van der Waals surface area (Å²) in [7, 11) is 2.49. The molecule has 0 aliphatic heterocycles. The molecular formula is C11H20N2O6. The summed E-state index contributed by atoms with van der Waals surface area (Å²) >= 11 is 0. The summed E-state index contributed by atoms with van der Waals surface area (Å²) in [6.07, 6.45) is 1.03. The van der Waals surface area contributed by atoms with E-state index in [1.54, 1.807) is 0 Å². The Balaban J connectivity index is 3.84. The molecule has 1 atom stereocenters. The van der Waals surface area contributed by atoms with Crippen LogP contribution in [0.1, 0.15) is 26.2 Å². The van der Waals surface area contributed by atoms with Crippen LogP contribution in [0.15, 0.2) is 0 Å². The second-order valence-electron chi connectivity index (χ2n) is 3.74. The van der Waals surface area contributed by atoms with Gasteiger partial charge in [0.2, 0.25) is 5.91 Å². The molecule has 0 aromatic carbocycles. The zero-order chi connectivity index (χ0) is 14.7. The van der Waals surface area contributed by atoms with Crippen molar-refractivity contribution >= 4 is 18.0 Å². The van der Waals surface area contributed by atoms with Crippen LogP contribution < -0.4 is 10.6 Å². The lowest BCUT2D eigenvalue weighted by molar-refractivity contribution is -0.212. The van der Waals surface area contributed by atoms with Crippen molar-refractivity contribution in [3.8, 4) is 0 Å². The first-order chi connectivity index (χ1) is 9.01. The zero-order valence-corrected chi connectivity index (χ0v) is 11.4. The molecule has 0 radical (unpaired) electrons. The Morgan fingerprint density at radius 2 is 1.84 bits per heavy atom. The third kappa shape index (κ3) is 8.83. The van der Waals surface area contributed by atoms with Gasteiger partial charge in [-0.25, -0.2) is 9.59 Å². The standard InChI is InChI=1S/C11H20N2O6/c1-8(14)13-9(10(15)17-2)6-4-5-7-12-11(16)19-18-3/h9H,4-7H2,1-3H3,(H,12,16)(H,13,14). The number of carbonyl (C=O) groups excluding carboxylic acids is 3. The molecular weight excluding hydrogens is 256 g/mol. The zero-order valence-electron chi connectivity index (χ0n) is 11.4. The first-order valence-electron chi connectivity index (χ1n) is 5.84. The Morgan fingerprint density at radius 1 is 1.16 bits per heavy atom. The van der Waals surface area contributed by atoms with Gasteiger partial charge in [-0.15, -0.1) is 0 Å². The molecule has 2 amide bonds. The Morgan fingerprint density at radius 3 is 2.37 bits per heavy atom. The largest absolute Gasteiger partial charge is 0.467 e. The fourth-order valence-corrected chi connectivity index (χ4v) is 1.41. The van der Waals surface area contributed by atoms with Gasteiger partial charge in [0.05, 0.1) is 14.2 Å². The van der Waals surface area contributed by atoms with Crippen LogP contribution >= 0.6 is 0 Å². The molecule has 0 saturated carbocycles. The maximum Gasteiger partial charge on any atom is 0.438 e. The van der Waals surface area contributed by atoms with Gasteiger partial charge >= 0.3 is 12.1 Å². The molecule has 0 aromatic rings. The Bertz CT molecular complexity index is 308. The van der Waals surface area contributed by atoms with Crippen molar-refractivity contribution in [3.63, 3.8) is 0 Å². The summed E-state index contributed by atoms with van der Waals surface area (Å²) in [6.45, 7) is 1.72. The number of hydrogen-bond donors (Lipinski definition) is 2. The molecule has 0 aliphatic rings. The van der Waals surface area contributed by atoms with Gasteiger partial charge in [0.15, 0.2) is 0 Å². The highest BCUT2D eigenvalue weighted by atomic mass is 17.2. The first-order valence-corrected chi connectivity index (χ1v) is 5.84. The molecule has 19 heavy (non-hydrogen) atoms. The van der Waals surface area contributed by atoms with Gasteiger partial charge in [-0.2, -0.15) is 4.89 Å². The van der Waals surface area contributed by atoms with Crippen molar-refractivity contribution < 1.29 is 28.9 Å². The number of nitrogens with one attached hydrogen (secondary N) is 2. The summed E-state index contributed by atoms with van der Waals surface area (Å²) in [5.74, 6) is -0.779. The van der Waals surface area contributed by atoms with Gasteiger partial charge in [-0.3, -0.25) is 9.68 Å². The van der Waals surface area contributed by atoms with E-state index >= 15 is 0 Å². The minimum absolute atomic E-state index is 0.294. The monoisotopic (exact) mass is 276 g/mol. The van der Waals surface area contributed by atoms with E-state index in [0.717, 1.165) is 0 Å². The number of esters is 1. The topological polar surface area (TPSA) is 103 Å². The third-order valence-electron chi connectivity index (χ3n) is 2.21. The molecule has 0 bridgehead atoms. The summed E-state index contributed by atoms with van der Waals surface area (Å²) in [5, 5.41) is 4.96. The molecule has 0 fully saturated rings. The number of unbranched alkanes of at least 4 members (excludes halogenated alkanes) is 1. The number of amides is 2. The fraction of sp³-hybridized carbons (Fsp3) is 0.727. The van der Waals surface area contributed by atoms with Gasteiger partial charge in [0.25, 0.3) is 0 Å². The molecule has 2 N–H and O–H groups in total. The molecule has 0 rings (SSSR count). The number of carbonyl (C=O) groups is 3. The molecule has 0 heterocycles. The van der Waals surface area contributed by atoms with Crippen LogP contribution in [0.3, 0.4) is 0 Å². The van der Waals surface area contributed by atoms with Crippen LogP contribution in [-0.2, 0) is 24.1 Å². The second kappa shape index (κ2) is 10.1. The predicted molar refractivity (Wildman–Crippen MR) is 65.0 cm³/mol. The van der Waals surface area contributed by atoms with E-state index in [1.807, 2.05) is 0 Å². The fourth-order valence-electron chi connectivity index (χ4n) is 1.41. The Kier molecular flexibility index (Phi) is 9.15. The van der Waals surface area contributed by atoms with Crippen LogP contribution in [-0.4, -0.2) is 44.8 Å². The van der Waals surface area contributed by atoms with E-state index in [1.165, 1.54) is 21.1 Å². The van der Waals surface area contributed by atoms with Crippen LogP contribution in [0.4, 0.5) is 4.79 Å². The molecule has 0 aromatic heterocycles. The normalized spacial score (nSPS) is 11.3. The average molecular weight is 276 g/mol. The Labute approximate surface area is 111 Å². The van der Waals surface area contributed by atoms with Crippen molar-refractivity contribution in [1.82, 2.24) is 10.6 Å². The average Bonchev–Trinajstić information content (AvgIpc) is 2.36. The van der Waals surface area contributed by atoms with Gasteiger partial charge < -0.3 is 15.4 Å². The van der Waals surface area contributed by atoms with E-state index in [0.29, 0.717) is 25.8 Å². The highest BCUT2D eigenvalue weighted by molar-refractivity contribution is 5.83. The highest BCUT2D eigenvalue weighted by Gasteiger charge is 2.19. The summed E-state index contributed by atoms with van der Waals surface area (Å²) in [5.41, 5.74) is 0. The lowest BCUT2D eigenvalue weighted by Crippen LogP contribution is -2.40. The quantitative estimate of drug-likeness (QED) is 0.282. The first kappa shape index (κ1) is 17.2. The van der Waals surface area contributed by atoms with Crippen molar-refractivity contribution in [2.24, 2.45) is 0 Å². The van der Waals surface area contributed by atoms with Crippen LogP contribution in [0.25, 0.3) is 0 Å². The SMILES string of the molecule is COOC(=O)NCCCCC(NC(C)=O)C(=O)OC. The summed E-state index contributed by atoms with van der Waals surface area (Å²) in [6, 6.07) is -0.659. The van der Waals surface area contributed by atoms with Crippen LogP contribution in [0.2, 0.25) is 0 Å². The third-order valence-corrected chi connectivity index (χ3v) is 2.21. The van der Waals surface area contributed by atoms with Crippen molar-refractivity contribution in [1.29, 1.82) is 0 Å². The maximum atomic E-state index is 11.4. The van der Waals surface area contributed by atoms with Crippen LogP contribution in [0, 0.1) is 0 Å². The Hall–Kier alpha value is -1.83. The van der Waals surface area contributed by atoms with Gasteiger partial charge in [0.1, 0.15) is 6.04 Å². The smallest absolute Gasteiger partial charge is 0.438 e. The van der Waals surface area contributed by atoms with E-state index in [2.05, 4.69) is 25.1 Å². The minimum atomic E-state index is -0.672. The van der Waals surface area contributed by atoms with E-state index in [-0.39, 0.29) is 5.91 Å². The molecule has 8 nitrogen and oxygen atoms in total. The molecule has 0 spiro atoms. The van der Waals surface area contributed by atoms with Crippen LogP contribution in [0.5, 0.6) is 0 Å². The van der Waals surface area contributed by atoms with Gasteiger partial charge in [-0.05, 0) is 19.3 Å². The molecule has 0 aliphatic carbocycles. The molecule has 0 saturated heterocycles. The van der Waals surface area contributed by atoms with E-state index in [4.69, 9.17) is 0 Å².